The summed E-state index contributed by atoms with van der Waals surface area (Å²) in [6.07, 6.45) is 0.270. The summed E-state index contributed by atoms with van der Waals surface area (Å²) in [4.78, 5) is 6.85. The van der Waals surface area contributed by atoms with Gasteiger partial charge >= 0.3 is 0 Å². The van der Waals surface area contributed by atoms with Crippen molar-refractivity contribution in [1.82, 2.24) is 9.88 Å². The molecule has 2 unspecified atom stereocenters. The second-order valence-corrected chi connectivity index (χ2v) is 5.21. The molecule has 1 saturated heterocycles. The molecule has 18 heavy (non-hydrogen) atoms. The molecule has 100 valence electrons. The van der Waals surface area contributed by atoms with Crippen molar-refractivity contribution in [2.24, 2.45) is 0 Å². The standard InChI is InChI=1S/C13H19BrN2O2/c1-10-9-18-12(6-14)8-16(10)7-11-4-3-5-13(15-11)17-2/h3-5,10,12H,6-9H2,1-2H3. The van der Waals surface area contributed by atoms with Crippen molar-refractivity contribution in [3.8, 4) is 5.88 Å². The Hall–Kier alpha value is -0.650. The van der Waals surface area contributed by atoms with Gasteiger partial charge in [-0.25, -0.2) is 4.98 Å². The molecule has 0 spiro atoms. The summed E-state index contributed by atoms with van der Waals surface area (Å²) >= 11 is 3.48. The van der Waals surface area contributed by atoms with Crippen molar-refractivity contribution in [3.05, 3.63) is 23.9 Å². The van der Waals surface area contributed by atoms with Crippen molar-refractivity contribution >= 4 is 15.9 Å². The van der Waals surface area contributed by atoms with Crippen LogP contribution in [0.3, 0.4) is 0 Å². The Bertz CT molecular complexity index is 389. The number of rotatable bonds is 4. The molecule has 2 atom stereocenters. The lowest BCUT2D eigenvalue weighted by atomic mass is 10.2. The molecule has 0 N–H and O–H groups in total. The van der Waals surface area contributed by atoms with Gasteiger partial charge < -0.3 is 9.47 Å². The molecule has 4 nitrogen and oxygen atoms in total. The number of hydrogen-bond donors (Lipinski definition) is 0. The van der Waals surface area contributed by atoms with Crippen molar-refractivity contribution < 1.29 is 9.47 Å². The molecule has 0 saturated carbocycles. The average molecular weight is 315 g/mol. The number of hydrogen-bond acceptors (Lipinski definition) is 4. The minimum Gasteiger partial charge on any atom is -0.481 e. The fraction of sp³-hybridized carbons (Fsp3) is 0.615. The Morgan fingerprint density at radius 3 is 3.11 bits per heavy atom. The van der Waals surface area contributed by atoms with Crippen LogP contribution in [0.2, 0.25) is 0 Å². The van der Waals surface area contributed by atoms with Crippen LogP contribution in [0, 0.1) is 0 Å². The molecule has 1 aromatic heterocycles. The van der Waals surface area contributed by atoms with E-state index in [1.165, 1.54) is 0 Å². The molecule has 0 bridgehead atoms. The maximum Gasteiger partial charge on any atom is 0.213 e. The smallest absolute Gasteiger partial charge is 0.213 e. The number of ether oxygens (including phenoxy) is 2. The lowest BCUT2D eigenvalue weighted by Gasteiger charge is -2.37. The Morgan fingerprint density at radius 2 is 2.39 bits per heavy atom. The van der Waals surface area contributed by atoms with E-state index in [1.54, 1.807) is 7.11 Å². The fourth-order valence-electron chi connectivity index (χ4n) is 2.06. The first-order valence-electron chi connectivity index (χ1n) is 6.14. The molecule has 1 aliphatic heterocycles. The number of aromatic nitrogens is 1. The van der Waals surface area contributed by atoms with Crippen LogP contribution in [0.25, 0.3) is 0 Å². The summed E-state index contributed by atoms with van der Waals surface area (Å²) in [7, 11) is 1.64. The van der Waals surface area contributed by atoms with E-state index >= 15 is 0 Å². The van der Waals surface area contributed by atoms with Gasteiger partial charge in [0.25, 0.3) is 0 Å². The van der Waals surface area contributed by atoms with Gasteiger partial charge in [0.1, 0.15) is 0 Å². The van der Waals surface area contributed by atoms with Gasteiger partial charge in [-0.3, -0.25) is 4.90 Å². The van der Waals surface area contributed by atoms with Crippen LogP contribution in [-0.4, -0.2) is 47.6 Å². The molecular weight excluding hydrogens is 296 g/mol. The third kappa shape index (κ3) is 3.43. The van der Waals surface area contributed by atoms with E-state index in [-0.39, 0.29) is 6.10 Å². The molecule has 1 aliphatic rings. The monoisotopic (exact) mass is 314 g/mol. The fourth-order valence-corrected chi connectivity index (χ4v) is 2.45. The van der Waals surface area contributed by atoms with Crippen molar-refractivity contribution in [2.75, 3.05) is 25.6 Å². The van der Waals surface area contributed by atoms with Crippen LogP contribution in [-0.2, 0) is 11.3 Å². The lowest BCUT2D eigenvalue weighted by molar-refractivity contribution is -0.0504. The van der Waals surface area contributed by atoms with E-state index in [2.05, 4.69) is 32.7 Å². The summed E-state index contributed by atoms with van der Waals surface area (Å²) in [5.74, 6) is 0.672. The highest BCUT2D eigenvalue weighted by Gasteiger charge is 2.25. The molecular formula is C13H19BrN2O2. The highest BCUT2D eigenvalue weighted by molar-refractivity contribution is 9.09. The third-order valence-electron chi connectivity index (χ3n) is 3.16. The predicted molar refractivity (Wildman–Crippen MR) is 74.2 cm³/mol. The third-order valence-corrected chi connectivity index (χ3v) is 3.88. The summed E-state index contributed by atoms with van der Waals surface area (Å²) in [5, 5.41) is 0.877. The molecule has 2 rings (SSSR count). The van der Waals surface area contributed by atoms with E-state index in [0.29, 0.717) is 11.9 Å². The van der Waals surface area contributed by atoms with Crippen molar-refractivity contribution in [1.29, 1.82) is 0 Å². The predicted octanol–water partition coefficient (Wildman–Crippen LogP) is 2.07. The van der Waals surface area contributed by atoms with Gasteiger partial charge in [-0.15, -0.1) is 0 Å². The van der Waals surface area contributed by atoms with Gasteiger partial charge in [-0.2, -0.15) is 0 Å². The molecule has 1 aromatic rings. The maximum atomic E-state index is 5.72. The van der Waals surface area contributed by atoms with Crippen molar-refractivity contribution in [3.63, 3.8) is 0 Å². The Labute approximate surface area is 116 Å². The summed E-state index contributed by atoms with van der Waals surface area (Å²) in [6.45, 7) is 4.74. The lowest BCUT2D eigenvalue weighted by Crippen LogP contribution is -2.48. The van der Waals surface area contributed by atoms with E-state index in [4.69, 9.17) is 9.47 Å². The molecule has 0 radical (unpaired) electrons. The SMILES string of the molecule is COc1cccc(CN2CC(CBr)OCC2C)n1. The van der Waals surface area contributed by atoms with E-state index < -0.39 is 0 Å². The molecule has 0 aromatic carbocycles. The number of pyridine rings is 1. The minimum atomic E-state index is 0.270. The van der Waals surface area contributed by atoms with Crippen LogP contribution in [0.1, 0.15) is 12.6 Å². The normalized spacial score (nSPS) is 25.1. The first kappa shape index (κ1) is 13.8. The van der Waals surface area contributed by atoms with Crippen molar-refractivity contribution in [2.45, 2.75) is 25.6 Å². The highest BCUT2D eigenvalue weighted by Crippen LogP contribution is 2.17. The summed E-state index contributed by atoms with van der Waals surface area (Å²) < 4.78 is 10.9. The van der Waals surface area contributed by atoms with Crippen LogP contribution in [0.4, 0.5) is 0 Å². The zero-order valence-electron chi connectivity index (χ0n) is 10.8. The highest BCUT2D eigenvalue weighted by atomic mass is 79.9. The van der Waals surface area contributed by atoms with Gasteiger partial charge in [0.2, 0.25) is 5.88 Å². The van der Waals surface area contributed by atoms with Crippen LogP contribution in [0.15, 0.2) is 18.2 Å². The summed E-state index contributed by atoms with van der Waals surface area (Å²) in [6, 6.07) is 6.31. The molecule has 1 fully saturated rings. The topological polar surface area (TPSA) is 34.6 Å². The molecule has 5 heteroatoms. The Kier molecular flexibility index (Phi) is 4.97. The number of alkyl halides is 1. The molecule has 0 aliphatic carbocycles. The van der Waals surface area contributed by atoms with Crippen LogP contribution >= 0.6 is 15.9 Å². The first-order chi connectivity index (χ1) is 8.72. The second kappa shape index (κ2) is 6.50. The zero-order valence-corrected chi connectivity index (χ0v) is 12.4. The van der Waals surface area contributed by atoms with E-state index in [0.717, 1.165) is 30.7 Å². The van der Waals surface area contributed by atoms with Crippen LogP contribution < -0.4 is 4.74 Å². The Morgan fingerprint density at radius 1 is 1.56 bits per heavy atom. The second-order valence-electron chi connectivity index (χ2n) is 4.56. The van der Waals surface area contributed by atoms with Crippen LogP contribution in [0.5, 0.6) is 5.88 Å². The number of morpholine rings is 1. The zero-order chi connectivity index (χ0) is 13.0. The van der Waals surface area contributed by atoms with Gasteiger partial charge in [-0.05, 0) is 13.0 Å². The largest absolute Gasteiger partial charge is 0.481 e. The molecule has 0 amide bonds. The number of halogens is 1. The quantitative estimate of drug-likeness (QED) is 0.797. The first-order valence-corrected chi connectivity index (χ1v) is 7.26. The Balaban J connectivity index is 2.02. The maximum absolute atomic E-state index is 5.72. The number of nitrogens with zero attached hydrogens (tertiary/aromatic N) is 2. The van der Waals surface area contributed by atoms with Gasteiger partial charge in [0.15, 0.2) is 0 Å². The van der Waals surface area contributed by atoms with Gasteiger partial charge in [-0.1, -0.05) is 22.0 Å². The number of methoxy groups -OCH3 is 1. The van der Waals surface area contributed by atoms with E-state index in [9.17, 15) is 0 Å². The van der Waals surface area contributed by atoms with Gasteiger partial charge in [0, 0.05) is 30.5 Å². The minimum absolute atomic E-state index is 0.270. The van der Waals surface area contributed by atoms with Gasteiger partial charge in [0.05, 0.1) is 25.5 Å². The van der Waals surface area contributed by atoms with E-state index in [1.807, 2.05) is 18.2 Å². The summed E-state index contributed by atoms with van der Waals surface area (Å²) in [5.41, 5.74) is 1.04. The molecule has 2 heterocycles. The average Bonchev–Trinajstić information content (AvgIpc) is 2.41.